The monoisotopic (exact) mass is 1760 g/mol. The predicted octanol–water partition coefficient (Wildman–Crippen LogP) is 23.3. The van der Waals surface area contributed by atoms with Crippen LogP contribution in [0.5, 0.6) is 0 Å². The largest absolute Gasteiger partial charge is 0.355 e. The molecule has 0 amide bonds. The van der Waals surface area contributed by atoms with Gasteiger partial charge in [-0.25, -0.2) is 19.9 Å². The third-order valence-electron chi connectivity index (χ3n) is 23.6. The molecule has 6 nitrogen and oxygen atoms in total. The first-order chi connectivity index (χ1) is 68.7. The van der Waals surface area contributed by atoms with E-state index in [4.69, 9.17) is 32.8 Å². The molecule has 7 aromatic carbocycles. The van der Waals surface area contributed by atoms with E-state index in [1.165, 1.54) is 70.6 Å². The highest BCUT2D eigenvalue weighted by atomic mass is 14.8. The van der Waals surface area contributed by atoms with Crippen molar-refractivity contribution in [3.63, 3.8) is 0 Å². The molecule has 0 saturated carbocycles. The number of hydrogen-bond donors (Lipinski definition) is 2. The first-order valence-electron chi connectivity index (χ1n) is 45.7. The fourth-order valence-electron chi connectivity index (χ4n) is 17.2. The van der Waals surface area contributed by atoms with Crippen LogP contribution in [0.1, 0.15) is 166 Å². The maximum atomic E-state index is 5.88. The maximum absolute atomic E-state index is 5.88. The van der Waals surface area contributed by atoms with Crippen LogP contribution < -0.4 is 0 Å². The molecule has 8 bridgehead atoms. The smallest absolute Gasteiger partial charge is 0.0977 e. The number of aryl methyl sites for hydroxylation is 2. The van der Waals surface area contributed by atoms with Crippen LogP contribution in [0.25, 0.3) is 136 Å². The first-order valence-corrected chi connectivity index (χ1v) is 45.7. The van der Waals surface area contributed by atoms with E-state index in [1.54, 1.807) is 0 Å². The van der Waals surface area contributed by atoms with E-state index in [0.717, 1.165) is 187 Å². The summed E-state index contributed by atoms with van der Waals surface area (Å²) in [5.74, 6) is 124. The van der Waals surface area contributed by atoms with Crippen molar-refractivity contribution in [1.29, 1.82) is 0 Å². The van der Waals surface area contributed by atoms with Crippen molar-refractivity contribution >= 4 is 57.4 Å². The Morgan fingerprint density at radius 1 is 0.266 bits per heavy atom. The highest BCUT2D eigenvalue weighted by Gasteiger charge is 2.43. The molecule has 6 heteroatoms. The Kier molecular flexibility index (Phi) is 32.4. The quantitative estimate of drug-likeness (QED) is 0.0588. The molecule has 2 atom stereocenters. The van der Waals surface area contributed by atoms with Crippen LogP contribution in [-0.2, 0) is 10.8 Å². The Hall–Kier alpha value is -20.1. The minimum Gasteiger partial charge on any atom is -0.355 e. The van der Waals surface area contributed by atoms with Crippen molar-refractivity contribution in [3.05, 3.63) is 238 Å². The van der Waals surface area contributed by atoms with Gasteiger partial charge in [0.1, 0.15) is 0 Å². The van der Waals surface area contributed by atoms with Gasteiger partial charge in [-0.05, 0) is 332 Å². The number of aromatic amines is 2. The van der Waals surface area contributed by atoms with E-state index in [0.29, 0.717) is 5.69 Å². The summed E-state index contributed by atoms with van der Waals surface area (Å²) in [6.07, 6.45) is 37.1. The number of rotatable bonds is 20. The lowest BCUT2D eigenvalue weighted by atomic mass is 9.74. The van der Waals surface area contributed by atoms with Gasteiger partial charge in [-0.15, -0.1) is 12.8 Å². The summed E-state index contributed by atoms with van der Waals surface area (Å²) < 4.78 is 0. The number of unbranched alkanes of at least 4 members (excludes halogenated alkanes) is 13. The minimum absolute atomic E-state index is 0.709. The van der Waals surface area contributed by atoms with Gasteiger partial charge in [0.25, 0.3) is 0 Å². The molecule has 139 heavy (non-hydrogen) atoms. The van der Waals surface area contributed by atoms with Crippen LogP contribution in [0.2, 0.25) is 0 Å². The molecular formula is C133H80N6. The number of benzene rings is 7. The zero-order valence-electron chi connectivity index (χ0n) is 77.2. The van der Waals surface area contributed by atoms with E-state index in [9.17, 15) is 0 Å². The Labute approximate surface area is 817 Å². The number of H-pyrrole nitrogens is 2. The summed E-state index contributed by atoms with van der Waals surface area (Å²) in [5.41, 5.74) is 25.8. The average Bonchev–Trinajstić information content (AvgIpc) is 1.56. The summed E-state index contributed by atoms with van der Waals surface area (Å²) in [7, 11) is 0. The first kappa shape index (κ1) is 93.6. The number of terminal acetylenes is 2. The second-order valence-electron chi connectivity index (χ2n) is 32.3. The van der Waals surface area contributed by atoms with Gasteiger partial charge >= 0.3 is 0 Å². The summed E-state index contributed by atoms with van der Waals surface area (Å²) in [6, 6.07) is 64.4. The number of fused-ring (bicyclic) bond motifs is 15. The zero-order valence-corrected chi connectivity index (χ0v) is 77.2. The lowest BCUT2D eigenvalue weighted by molar-refractivity contribution is 0.511. The topological polar surface area (TPSA) is 83.1 Å². The lowest BCUT2D eigenvalue weighted by Crippen LogP contribution is -2.23. The molecule has 11 aromatic rings. The fourth-order valence-corrected chi connectivity index (χ4v) is 17.2. The maximum Gasteiger partial charge on any atom is 0.0977 e. The van der Waals surface area contributed by atoms with Crippen molar-refractivity contribution in [3.8, 4) is 363 Å². The molecule has 2 aliphatic carbocycles. The SMILES string of the molecule is C#CC#CC#CC#CC#CC#CC#CC#CC#CC#CC#CC#CC#CC#CC#CC#CC1(C)c2ccccc2-c2ccc(-c3c4nc(c(-c5ccc(C)c6nc(-c7ccccc7)c(-c7ccccc7)nc56)c5ccc([nH]5)c(-c5ccc6c(c5)C(C#CC#CC#CC#CC#CC#CC#CC#C)(CCCCCCCCCCCCCCCC)c5ccccc5-6)c5nc(c(C)c6ccc3[nH]6)C=C5)C=C4)cc21. The second kappa shape index (κ2) is 48.2. The third kappa shape index (κ3) is 23.5. The number of aromatic nitrogens is 6. The molecule has 15 rings (SSSR count). The van der Waals surface area contributed by atoms with E-state index >= 15 is 0 Å². The summed E-state index contributed by atoms with van der Waals surface area (Å²) in [6.45, 7) is 8.67. The third-order valence-corrected chi connectivity index (χ3v) is 23.6. The fraction of sp³-hybridized carbons (Fsp3) is 0.158. The Morgan fingerprint density at radius 2 is 0.597 bits per heavy atom. The van der Waals surface area contributed by atoms with Crippen molar-refractivity contribution in [2.24, 2.45) is 0 Å². The molecule has 0 radical (unpaired) electrons. The van der Waals surface area contributed by atoms with Crippen molar-refractivity contribution in [1.82, 2.24) is 29.9 Å². The van der Waals surface area contributed by atoms with Gasteiger partial charge < -0.3 is 9.97 Å². The van der Waals surface area contributed by atoms with Crippen LogP contribution in [0.4, 0.5) is 0 Å². The molecule has 4 aliphatic rings. The average molecular weight is 1760 g/mol. The molecular weight excluding hydrogens is 1680 g/mol. The van der Waals surface area contributed by atoms with Gasteiger partial charge in [0, 0.05) is 138 Å². The van der Waals surface area contributed by atoms with Gasteiger partial charge in [-0.3, -0.25) is 0 Å². The lowest BCUT2D eigenvalue weighted by Gasteiger charge is -2.27. The van der Waals surface area contributed by atoms with Crippen LogP contribution in [-0.4, -0.2) is 29.9 Å². The highest BCUT2D eigenvalue weighted by Crippen LogP contribution is 2.54. The van der Waals surface area contributed by atoms with Crippen LogP contribution in [0.3, 0.4) is 0 Å². The molecule has 6 heterocycles. The normalized spacial score (nSPS) is 11.9. The van der Waals surface area contributed by atoms with Crippen molar-refractivity contribution in [2.75, 3.05) is 0 Å². The summed E-state index contributed by atoms with van der Waals surface area (Å²) in [5, 5.41) is 0. The molecule has 0 saturated heterocycles. The highest BCUT2D eigenvalue weighted by molar-refractivity contribution is 6.06. The molecule has 2 aliphatic heterocycles. The molecule has 2 N–H and O–H groups in total. The van der Waals surface area contributed by atoms with Crippen LogP contribution >= 0.6 is 0 Å². The van der Waals surface area contributed by atoms with E-state index in [-0.39, 0.29) is 0 Å². The summed E-state index contributed by atoms with van der Waals surface area (Å²) >= 11 is 0. The molecule has 0 spiro atoms. The second-order valence-corrected chi connectivity index (χ2v) is 32.3. The van der Waals surface area contributed by atoms with Gasteiger partial charge in [-0.1, -0.05) is 254 Å². The number of nitrogens with zero attached hydrogens (tertiary/aromatic N) is 4. The van der Waals surface area contributed by atoms with E-state index in [1.807, 2.05) is 36.4 Å². The van der Waals surface area contributed by atoms with Gasteiger partial charge in [0.15, 0.2) is 0 Å². The van der Waals surface area contributed by atoms with Gasteiger partial charge in [-0.2, -0.15) is 0 Å². The van der Waals surface area contributed by atoms with Gasteiger partial charge in [0.2, 0.25) is 0 Å². The molecule has 4 aromatic heterocycles. The summed E-state index contributed by atoms with van der Waals surface area (Å²) in [4.78, 5) is 31.1. The predicted molar refractivity (Wildman–Crippen MR) is 570 cm³/mol. The molecule has 0 fully saturated rings. The van der Waals surface area contributed by atoms with E-state index in [2.05, 4.69) is 480 Å². The van der Waals surface area contributed by atoms with E-state index < -0.39 is 10.8 Å². The van der Waals surface area contributed by atoms with Crippen LogP contribution in [0.15, 0.2) is 182 Å². The Bertz CT molecular complexity index is 8850. The number of hydrogen-bond acceptors (Lipinski definition) is 4. The van der Waals surface area contributed by atoms with Crippen molar-refractivity contribution < 1.29 is 0 Å². The zero-order chi connectivity index (χ0) is 95.7. The standard InChI is InChI=1S/C133H80N6/c1-7-10-13-16-19-22-25-28-31-32-33-34-35-36-37-38-39-40-41-42-43-44-45-46-47-50-53-56-59-72-97-132(6)113-81-70-68-79-108(113)110-87-84-106(100-115(110)132)125-119-91-89-117(134-119)103(5)118-90-92-120(135-118)126(122-94-96-124(137-122)127(123-95-93-121(125)136-123)112-86-83-102(4)128-131(112)139-130(105-77-66-63-67-78-105)129(138-128)104-75-64-62-65-76-104)107-85-88-111-109-80-69-71-82-114(109)133(116(111)101-107,98-73-60-57-54-51-48-29-26-23-20-17-14-11-8-2)99-74-61-58-55-52-49-30-27-24-21-18-15-12-9-3/h1-2,62-71,75-96,100-101,134,137H,9,12,15,18,21,24,27,30,49,52,55,58,61,74,99H2,3-6H3. The Morgan fingerprint density at radius 3 is 1.06 bits per heavy atom. The van der Waals surface area contributed by atoms with Crippen LogP contribution in [0, 0.1) is 299 Å². The Balaban J connectivity index is 0.817. The molecule has 642 valence electrons. The molecule has 2 unspecified atom stereocenters. The minimum atomic E-state index is -0.808. The van der Waals surface area contributed by atoms with Gasteiger partial charge in [0.05, 0.1) is 56.0 Å². The van der Waals surface area contributed by atoms with Crippen molar-refractivity contribution in [2.45, 2.75) is 135 Å². The number of nitrogens with one attached hydrogen (secondary N) is 2.